The minimum absolute atomic E-state index is 0.216. The van der Waals surface area contributed by atoms with Crippen molar-refractivity contribution in [2.45, 2.75) is 91.1 Å². The van der Waals surface area contributed by atoms with E-state index in [2.05, 4.69) is 45.8 Å². The molecule has 0 aliphatic heterocycles. The number of amides is 1. The van der Waals surface area contributed by atoms with Crippen LogP contribution < -0.4 is 0 Å². The molecule has 4 rings (SSSR count). The molecular weight excluding hydrogens is 356 g/mol. The van der Waals surface area contributed by atoms with Gasteiger partial charge in [0.25, 0.3) is 0 Å². The topological polar surface area (TPSA) is 23.6 Å². The van der Waals surface area contributed by atoms with Crippen molar-refractivity contribution in [3.63, 3.8) is 0 Å². The van der Waals surface area contributed by atoms with Crippen molar-refractivity contribution in [3.05, 3.63) is 11.6 Å². The number of carbonyl (C=O) groups is 1. The first-order valence-corrected chi connectivity index (χ1v) is 12.2. The fourth-order valence-corrected chi connectivity index (χ4v) is 8.47. The van der Waals surface area contributed by atoms with Crippen LogP contribution >= 0.6 is 0 Å². The zero-order valence-corrected chi connectivity index (χ0v) is 20.0. The molecule has 0 N–H and O–H groups in total. The minimum Gasteiger partial charge on any atom is -0.343 e. The van der Waals surface area contributed by atoms with E-state index >= 15 is 0 Å². The Bertz CT molecular complexity index is 684. The van der Waals surface area contributed by atoms with E-state index in [1.54, 1.807) is 12.5 Å². The smallest absolute Gasteiger partial charge is 0.219 e. The standard InChI is InChI=1S/C26H44N2O/c1-17(28(7)18(2)29)22-10-11-23-21-9-8-19-16-20(27(5)6)12-14-25(19,3)24(21)13-15-26(22,23)4/h8,17,20-24H,9-16H2,1-7H3/t17-,20+,21-,22+,23-,24-,25-,26+/m1/s1. The highest BCUT2D eigenvalue weighted by atomic mass is 16.2. The molecule has 3 saturated carbocycles. The average Bonchev–Trinajstić information content (AvgIpc) is 3.03. The molecule has 164 valence electrons. The molecule has 1 amide bonds. The molecule has 0 aromatic carbocycles. The van der Waals surface area contributed by atoms with Crippen LogP contribution in [0.25, 0.3) is 0 Å². The molecule has 3 heteroatoms. The van der Waals surface area contributed by atoms with Crippen LogP contribution in [-0.2, 0) is 4.79 Å². The Labute approximate surface area is 179 Å². The van der Waals surface area contributed by atoms with Crippen LogP contribution in [-0.4, -0.2) is 48.9 Å². The minimum atomic E-state index is 0.216. The molecule has 0 bridgehead atoms. The Hall–Kier alpha value is -0.830. The van der Waals surface area contributed by atoms with Crippen LogP contribution in [0.4, 0.5) is 0 Å². The second-order valence-corrected chi connectivity index (χ2v) is 11.7. The van der Waals surface area contributed by atoms with Gasteiger partial charge < -0.3 is 9.80 Å². The summed E-state index contributed by atoms with van der Waals surface area (Å²) in [5.41, 5.74) is 2.63. The highest BCUT2D eigenvalue weighted by Gasteiger charge is 2.59. The molecule has 0 aromatic rings. The zero-order valence-electron chi connectivity index (χ0n) is 20.0. The maximum absolute atomic E-state index is 12.0. The summed E-state index contributed by atoms with van der Waals surface area (Å²) in [4.78, 5) is 16.5. The van der Waals surface area contributed by atoms with Crippen molar-refractivity contribution < 1.29 is 4.79 Å². The van der Waals surface area contributed by atoms with E-state index in [1.165, 1.54) is 51.4 Å². The van der Waals surface area contributed by atoms with Gasteiger partial charge in [0.05, 0.1) is 0 Å². The first-order valence-electron chi connectivity index (χ1n) is 12.2. The summed E-state index contributed by atoms with van der Waals surface area (Å²) in [7, 11) is 6.52. The number of nitrogens with zero attached hydrogens (tertiary/aromatic N) is 2. The van der Waals surface area contributed by atoms with E-state index in [4.69, 9.17) is 0 Å². The van der Waals surface area contributed by atoms with Crippen LogP contribution in [0, 0.1) is 34.5 Å². The van der Waals surface area contributed by atoms with Gasteiger partial charge in [-0.15, -0.1) is 0 Å². The third-order valence-electron chi connectivity index (χ3n) is 10.6. The van der Waals surface area contributed by atoms with Crippen LogP contribution in [0.3, 0.4) is 0 Å². The third-order valence-corrected chi connectivity index (χ3v) is 10.6. The van der Waals surface area contributed by atoms with Gasteiger partial charge >= 0.3 is 0 Å². The molecule has 8 atom stereocenters. The van der Waals surface area contributed by atoms with Crippen LogP contribution in [0.5, 0.6) is 0 Å². The van der Waals surface area contributed by atoms with Crippen molar-refractivity contribution in [1.29, 1.82) is 0 Å². The summed E-state index contributed by atoms with van der Waals surface area (Å²) >= 11 is 0. The Morgan fingerprint density at radius 2 is 1.79 bits per heavy atom. The molecule has 0 heterocycles. The summed E-state index contributed by atoms with van der Waals surface area (Å²) in [5.74, 6) is 3.45. The second-order valence-electron chi connectivity index (χ2n) is 11.7. The molecule has 4 aliphatic carbocycles. The lowest BCUT2D eigenvalue weighted by atomic mass is 9.47. The molecule has 3 fully saturated rings. The van der Waals surface area contributed by atoms with Gasteiger partial charge in [-0.25, -0.2) is 0 Å². The summed E-state index contributed by atoms with van der Waals surface area (Å²) in [6.45, 7) is 9.22. The molecular formula is C26H44N2O. The molecule has 0 aromatic heterocycles. The molecule has 0 unspecified atom stereocenters. The Morgan fingerprint density at radius 3 is 2.45 bits per heavy atom. The van der Waals surface area contributed by atoms with E-state index in [1.807, 2.05) is 11.9 Å². The highest BCUT2D eigenvalue weighted by molar-refractivity contribution is 5.73. The van der Waals surface area contributed by atoms with Gasteiger partial charge in [0.15, 0.2) is 0 Å². The van der Waals surface area contributed by atoms with Gasteiger partial charge in [0, 0.05) is 26.1 Å². The van der Waals surface area contributed by atoms with E-state index in [9.17, 15) is 4.79 Å². The average molecular weight is 401 g/mol. The van der Waals surface area contributed by atoms with E-state index in [0.29, 0.717) is 22.8 Å². The highest BCUT2D eigenvalue weighted by Crippen LogP contribution is 2.66. The van der Waals surface area contributed by atoms with Crippen molar-refractivity contribution in [2.75, 3.05) is 21.1 Å². The molecule has 0 radical (unpaired) electrons. The number of hydrogen-bond acceptors (Lipinski definition) is 2. The summed E-state index contributed by atoms with van der Waals surface area (Å²) in [6, 6.07) is 1.10. The fraction of sp³-hybridized carbons (Fsp3) is 0.885. The molecule has 3 nitrogen and oxygen atoms in total. The third kappa shape index (κ3) is 3.22. The Kier molecular flexibility index (Phi) is 5.46. The zero-order chi connectivity index (χ0) is 21.1. The fourth-order valence-electron chi connectivity index (χ4n) is 8.47. The molecule has 0 saturated heterocycles. The van der Waals surface area contributed by atoms with Gasteiger partial charge in [-0.2, -0.15) is 0 Å². The van der Waals surface area contributed by atoms with Crippen LogP contribution in [0.1, 0.15) is 79.1 Å². The molecule has 4 aliphatic rings. The monoisotopic (exact) mass is 400 g/mol. The SMILES string of the molecule is CC(=O)N(C)[C@H](C)[C@@H]1CC[C@@H]2[C@H]3CC=C4C[C@@H](N(C)C)CC[C@@]4(C)[C@@H]3CC[C@]21C. The molecule has 29 heavy (non-hydrogen) atoms. The lowest BCUT2D eigenvalue weighted by Crippen LogP contribution is -2.53. The number of rotatable bonds is 3. The normalized spacial score (nSPS) is 45.1. The van der Waals surface area contributed by atoms with E-state index < -0.39 is 0 Å². The van der Waals surface area contributed by atoms with Gasteiger partial charge in [-0.3, -0.25) is 4.79 Å². The van der Waals surface area contributed by atoms with Crippen molar-refractivity contribution in [1.82, 2.24) is 9.80 Å². The first-order chi connectivity index (χ1) is 13.6. The first kappa shape index (κ1) is 21.4. The predicted octanol–water partition coefficient (Wildman–Crippen LogP) is 5.36. The van der Waals surface area contributed by atoms with Gasteiger partial charge in [0.2, 0.25) is 5.91 Å². The lowest BCUT2D eigenvalue weighted by molar-refractivity contribution is -0.132. The summed E-state index contributed by atoms with van der Waals surface area (Å²) in [5, 5.41) is 0. The largest absolute Gasteiger partial charge is 0.343 e. The van der Waals surface area contributed by atoms with Gasteiger partial charge in [0.1, 0.15) is 0 Å². The number of fused-ring (bicyclic) bond motifs is 5. The number of carbonyl (C=O) groups excluding carboxylic acids is 1. The Balaban J connectivity index is 1.57. The predicted molar refractivity (Wildman–Crippen MR) is 121 cm³/mol. The van der Waals surface area contributed by atoms with Gasteiger partial charge in [-0.1, -0.05) is 25.5 Å². The van der Waals surface area contributed by atoms with Gasteiger partial charge in [-0.05, 0) is 107 Å². The van der Waals surface area contributed by atoms with E-state index in [-0.39, 0.29) is 5.91 Å². The van der Waals surface area contributed by atoms with Crippen LogP contribution in [0.2, 0.25) is 0 Å². The van der Waals surface area contributed by atoms with E-state index in [0.717, 1.165) is 23.8 Å². The number of allylic oxidation sites excluding steroid dienone is 1. The maximum Gasteiger partial charge on any atom is 0.219 e. The lowest BCUT2D eigenvalue weighted by Gasteiger charge is -2.59. The summed E-state index contributed by atoms with van der Waals surface area (Å²) in [6.07, 6.45) is 13.4. The molecule has 0 spiro atoms. The van der Waals surface area contributed by atoms with Crippen molar-refractivity contribution >= 4 is 5.91 Å². The second kappa shape index (κ2) is 7.39. The Morgan fingerprint density at radius 1 is 1.07 bits per heavy atom. The van der Waals surface area contributed by atoms with Crippen LogP contribution in [0.15, 0.2) is 11.6 Å². The number of hydrogen-bond donors (Lipinski definition) is 0. The van der Waals surface area contributed by atoms with Crippen molar-refractivity contribution in [2.24, 2.45) is 34.5 Å². The quantitative estimate of drug-likeness (QED) is 0.595. The summed E-state index contributed by atoms with van der Waals surface area (Å²) < 4.78 is 0. The van der Waals surface area contributed by atoms with Crippen molar-refractivity contribution in [3.8, 4) is 0 Å². The maximum atomic E-state index is 12.0.